The molecule has 1 atom stereocenters. The second-order valence-electron chi connectivity index (χ2n) is 5.37. The number of ether oxygens (including phenoxy) is 2. The molecule has 0 saturated heterocycles. The van der Waals surface area contributed by atoms with Gasteiger partial charge in [0.15, 0.2) is 6.10 Å². The second-order valence-corrected chi connectivity index (χ2v) is 5.37. The molecule has 2 rings (SSSR count). The lowest BCUT2D eigenvalue weighted by atomic mass is 10.2. The molecule has 0 radical (unpaired) electrons. The van der Waals surface area contributed by atoms with Crippen molar-refractivity contribution < 1.29 is 14.3 Å². The number of nitrogens with one attached hydrogen (secondary N) is 1. The van der Waals surface area contributed by atoms with Gasteiger partial charge < -0.3 is 14.8 Å². The highest BCUT2D eigenvalue weighted by Crippen LogP contribution is 2.15. The molecule has 0 bridgehead atoms. The minimum Gasteiger partial charge on any atom is -0.494 e. The predicted octanol–water partition coefficient (Wildman–Crippen LogP) is 3.48. The molecule has 4 heteroatoms. The van der Waals surface area contributed by atoms with Gasteiger partial charge in [-0.25, -0.2) is 0 Å². The summed E-state index contributed by atoms with van der Waals surface area (Å²) in [5.41, 5.74) is 2.12. The lowest BCUT2D eigenvalue weighted by Crippen LogP contribution is -2.35. The van der Waals surface area contributed by atoms with Crippen LogP contribution in [0.4, 0.5) is 0 Å². The molecule has 122 valence electrons. The van der Waals surface area contributed by atoms with E-state index in [1.54, 1.807) is 6.92 Å². The first kappa shape index (κ1) is 16.9. The molecule has 0 aliphatic carbocycles. The van der Waals surface area contributed by atoms with E-state index in [-0.39, 0.29) is 5.91 Å². The van der Waals surface area contributed by atoms with E-state index in [4.69, 9.17) is 9.47 Å². The van der Waals surface area contributed by atoms with Crippen molar-refractivity contribution in [2.24, 2.45) is 0 Å². The Morgan fingerprint density at radius 2 is 1.87 bits per heavy atom. The number of amides is 1. The quantitative estimate of drug-likeness (QED) is 0.851. The highest BCUT2D eigenvalue weighted by Gasteiger charge is 2.14. The van der Waals surface area contributed by atoms with Gasteiger partial charge in [-0.05, 0) is 56.2 Å². The lowest BCUT2D eigenvalue weighted by Gasteiger charge is -2.15. The molecule has 2 aromatic rings. The molecule has 0 aromatic heterocycles. The van der Waals surface area contributed by atoms with Crippen LogP contribution in [0.25, 0.3) is 0 Å². The fraction of sp³-hybridized carbons (Fsp3) is 0.316. The monoisotopic (exact) mass is 313 g/mol. The molecule has 4 nitrogen and oxygen atoms in total. The number of hydrogen-bond acceptors (Lipinski definition) is 3. The number of carbonyl (C=O) groups is 1. The summed E-state index contributed by atoms with van der Waals surface area (Å²) in [4.78, 5) is 12.1. The second kappa shape index (κ2) is 8.22. The molecule has 23 heavy (non-hydrogen) atoms. The van der Waals surface area contributed by atoms with Gasteiger partial charge in [-0.2, -0.15) is 0 Å². The number of hydrogen-bond donors (Lipinski definition) is 1. The predicted molar refractivity (Wildman–Crippen MR) is 90.7 cm³/mol. The molecule has 0 saturated carbocycles. The van der Waals surface area contributed by atoms with Gasteiger partial charge in [0.25, 0.3) is 5.91 Å². The van der Waals surface area contributed by atoms with E-state index in [1.807, 2.05) is 62.4 Å². The number of aryl methyl sites for hydroxylation is 1. The van der Waals surface area contributed by atoms with Crippen LogP contribution in [0.3, 0.4) is 0 Å². The van der Waals surface area contributed by atoms with Crippen LogP contribution in [-0.2, 0) is 11.3 Å². The standard InChI is InChI=1S/C19H23NO3/c1-4-22-17-10-8-16(9-11-17)13-20-19(21)15(3)23-18-7-5-6-14(2)12-18/h5-12,15H,4,13H2,1-3H3,(H,20,21)/t15-/m1/s1. The maximum absolute atomic E-state index is 12.1. The van der Waals surface area contributed by atoms with Crippen molar-refractivity contribution in [2.75, 3.05) is 6.61 Å². The van der Waals surface area contributed by atoms with Crippen LogP contribution in [0.5, 0.6) is 11.5 Å². The Labute approximate surface area is 137 Å². The Bertz CT molecular complexity index is 637. The van der Waals surface area contributed by atoms with E-state index >= 15 is 0 Å². The first-order valence-electron chi connectivity index (χ1n) is 7.81. The van der Waals surface area contributed by atoms with Crippen molar-refractivity contribution in [2.45, 2.75) is 33.4 Å². The molecule has 0 unspecified atom stereocenters. The van der Waals surface area contributed by atoms with E-state index in [9.17, 15) is 4.79 Å². The summed E-state index contributed by atoms with van der Waals surface area (Å²) in [6.45, 7) is 6.79. The Balaban J connectivity index is 1.83. The summed E-state index contributed by atoms with van der Waals surface area (Å²) in [5.74, 6) is 1.40. The van der Waals surface area contributed by atoms with Gasteiger partial charge in [0.1, 0.15) is 11.5 Å². The average molecular weight is 313 g/mol. The molecule has 0 spiro atoms. The van der Waals surface area contributed by atoms with Crippen LogP contribution < -0.4 is 14.8 Å². The highest BCUT2D eigenvalue weighted by atomic mass is 16.5. The van der Waals surface area contributed by atoms with Crippen molar-refractivity contribution in [1.82, 2.24) is 5.32 Å². The number of benzene rings is 2. The van der Waals surface area contributed by atoms with E-state index < -0.39 is 6.10 Å². The summed E-state index contributed by atoms with van der Waals surface area (Å²) in [6, 6.07) is 15.3. The minimum atomic E-state index is -0.542. The zero-order valence-electron chi connectivity index (χ0n) is 13.8. The van der Waals surface area contributed by atoms with E-state index in [0.29, 0.717) is 18.9 Å². The SMILES string of the molecule is CCOc1ccc(CNC(=O)[C@@H](C)Oc2cccc(C)c2)cc1. The topological polar surface area (TPSA) is 47.6 Å². The van der Waals surface area contributed by atoms with Crippen LogP contribution in [-0.4, -0.2) is 18.6 Å². The van der Waals surface area contributed by atoms with Crippen LogP contribution in [0.1, 0.15) is 25.0 Å². The average Bonchev–Trinajstić information content (AvgIpc) is 2.54. The summed E-state index contributed by atoms with van der Waals surface area (Å²) >= 11 is 0. The van der Waals surface area contributed by atoms with Crippen LogP contribution in [0, 0.1) is 6.92 Å². The Morgan fingerprint density at radius 1 is 1.13 bits per heavy atom. The summed E-state index contributed by atoms with van der Waals surface area (Å²) in [7, 11) is 0. The maximum Gasteiger partial charge on any atom is 0.261 e. The first-order chi connectivity index (χ1) is 11.1. The molecule has 0 aliphatic heterocycles. The van der Waals surface area contributed by atoms with Crippen molar-refractivity contribution in [3.05, 3.63) is 59.7 Å². The van der Waals surface area contributed by atoms with Crippen LogP contribution >= 0.6 is 0 Å². The van der Waals surface area contributed by atoms with Gasteiger partial charge in [-0.3, -0.25) is 4.79 Å². The van der Waals surface area contributed by atoms with E-state index in [1.165, 1.54) is 0 Å². The highest BCUT2D eigenvalue weighted by molar-refractivity contribution is 5.80. The molecule has 0 heterocycles. The molecular weight excluding hydrogens is 290 g/mol. The first-order valence-corrected chi connectivity index (χ1v) is 7.81. The van der Waals surface area contributed by atoms with Crippen molar-refractivity contribution in [3.8, 4) is 11.5 Å². The molecule has 1 N–H and O–H groups in total. The van der Waals surface area contributed by atoms with Gasteiger partial charge >= 0.3 is 0 Å². The molecule has 1 amide bonds. The molecule has 2 aromatic carbocycles. The van der Waals surface area contributed by atoms with Gasteiger partial charge in [-0.15, -0.1) is 0 Å². The third-order valence-corrected chi connectivity index (χ3v) is 3.37. The fourth-order valence-electron chi connectivity index (χ4n) is 2.15. The maximum atomic E-state index is 12.1. The van der Waals surface area contributed by atoms with Gasteiger partial charge in [-0.1, -0.05) is 24.3 Å². The van der Waals surface area contributed by atoms with Crippen LogP contribution in [0.2, 0.25) is 0 Å². The molecule has 0 aliphatic rings. The molecule has 0 fully saturated rings. The molecular formula is C19H23NO3. The largest absolute Gasteiger partial charge is 0.494 e. The van der Waals surface area contributed by atoms with Crippen molar-refractivity contribution >= 4 is 5.91 Å². The third kappa shape index (κ3) is 5.33. The van der Waals surface area contributed by atoms with E-state index in [2.05, 4.69) is 5.32 Å². The Kier molecular flexibility index (Phi) is 6.03. The third-order valence-electron chi connectivity index (χ3n) is 3.37. The lowest BCUT2D eigenvalue weighted by molar-refractivity contribution is -0.127. The smallest absolute Gasteiger partial charge is 0.261 e. The summed E-state index contributed by atoms with van der Waals surface area (Å²) < 4.78 is 11.1. The zero-order valence-corrected chi connectivity index (χ0v) is 13.8. The minimum absolute atomic E-state index is 0.139. The summed E-state index contributed by atoms with van der Waals surface area (Å²) in [5, 5.41) is 2.88. The summed E-state index contributed by atoms with van der Waals surface area (Å²) in [6.07, 6.45) is -0.542. The van der Waals surface area contributed by atoms with Crippen molar-refractivity contribution in [3.63, 3.8) is 0 Å². The fourth-order valence-corrected chi connectivity index (χ4v) is 2.15. The van der Waals surface area contributed by atoms with Gasteiger partial charge in [0.2, 0.25) is 0 Å². The Hall–Kier alpha value is -2.49. The van der Waals surface area contributed by atoms with Gasteiger partial charge in [0, 0.05) is 6.54 Å². The number of carbonyl (C=O) groups excluding carboxylic acids is 1. The van der Waals surface area contributed by atoms with Gasteiger partial charge in [0.05, 0.1) is 6.61 Å². The normalized spacial score (nSPS) is 11.6. The van der Waals surface area contributed by atoms with Crippen molar-refractivity contribution in [1.29, 1.82) is 0 Å². The zero-order chi connectivity index (χ0) is 16.7. The van der Waals surface area contributed by atoms with Crippen LogP contribution in [0.15, 0.2) is 48.5 Å². The number of rotatable bonds is 7. The van der Waals surface area contributed by atoms with E-state index in [0.717, 1.165) is 16.9 Å². The Morgan fingerprint density at radius 3 is 2.52 bits per heavy atom.